The number of carbonyl (C=O) groups is 3. The van der Waals surface area contributed by atoms with Gasteiger partial charge in [0.2, 0.25) is 0 Å². The van der Waals surface area contributed by atoms with Crippen LogP contribution >= 0.6 is 34.8 Å². The molecule has 0 bridgehead atoms. The molecular formula is C21H15Cl3O6Sc. The summed E-state index contributed by atoms with van der Waals surface area (Å²) in [5.41, 5.74) is 0.762. The van der Waals surface area contributed by atoms with E-state index in [0.29, 0.717) is 15.1 Å². The van der Waals surface area contributed by atoms with E-state index in [9.17, 15) is 14.4 Å². The largest absolute Gasteiger partial charge is 0.478 e. The summed E-state index contributed by atoms with van der Waals surface area (Å²) in [7, 11) is 0. The zero-order valence-electron chi connectivity index (χ0n) is 15.7. The molecule has 3 aromatic rings. The number of hydrogen-bond acceptors (Lipinski definition) is 3. The Morgan fingerprint density at radius 3 is 0.742 bits per heavy atom. The van der Waals surface area contributed by atoms with E-state index < -0.39 is 17.9 Å². The van der Waals surface area contributed by atoms with E-state index in [1.807, 2.05) is 0 Å². The van der Waals surface area contributed by atoms with Gasteiger partial charge in [0.1, 0.15) is 0 Å². The summed E-state index contributed by atoms with van der Waals surface area (Å²) >= 11 is 16.6. The van der Waals surface area contributed by atoms with Gasteiger partial charge in [-0.15, -0.1) is 0 Å². The molecule has 0 heterocycles. The Morgan fingerprint density at radius 2 is 0.613 bits per heavy atom. The molecule has 0 aliphatic heterocycles. The molecule has 3 rings (SSSR count). The minimum absolute atomic E-state index is 0. The topological polar surface area (TPSA) is 112 Å². The summed E-state index contributed by atoms with van der Waals surface area (Å²) in [6, 6.07) is 18.1. The van der Waals surface area contributed by atoms with Crippen LogP contribution in [0.5, 0.6) is 0 Å². The number of carboxylic acid groups (broad SMARTS) is 3. The molecule has 3 aromatic carbocycles. The molecular weight excluding hydrogens is 500 g/mol. The maximum atomic E-state index is 10.3. The average Bonchev–Trinajstić information content (AvgIpc) is 2.70. The van der Waals surface area contributed by atoms with Crippen molar-refractivity contribution in [3.8, 4) is 0 Å². The van der Waals surface area contributed by atoms with Gasteiger partial charge in [0.05, 0.1) is 16.7 Å². The van der Waals surface area contributed by atoms with Gasteiger partial charge in [0.25, 0.3) is 0 Å². The van der Waals surface area contributed by atoms with E-state index in [0.717, 1.165) is 0 Å². The number of halogens is 3. The molecule has 31 heavy (non-hydrogen) atoms. The van der Waals surface area contributed by atoms with Crippen LogP contribution in [0.25, 0.3) is 0 Å². The van der Waals surface area contributed by atoms with Crippen molar-refractivity contribution in [1.29, 1.82) is 0 Å². The Bertz CT molecular complexity index is 859. The third-order valence-electron chi connectivity index (χ3n) is 3.27. The van der Waals surface area contributed by atoms with E-state index in [-0.39, 0.29) is 42.5 Å². The van der Waals surface area contributed by atoms with Gasteiger partial charge in [0.15, 0.2) is 0 Å². The molecule has 0 aromatic heterocycles. The third kappa shape index (κ3) is 11.7. The maximum absolute atomic E-state index is 10.3. The molecule has 0 atom stereocenters. The van der Waals surface area contributed by atoms with Crippen molar-refractivity contribution in [2.45, 2.75) is 0 Å². The first-order chi connectivity index (χ1) is 14.1. The van der Waals surface area contributed by atoms with Crippen LogP contribution in [0.15, 0.2) is 72.8 Å². The molecule has 10 heteroatoms. The summed E-state index contributed by atoms with van der Waals surface area (Å²) < 4.78 is 0. The first-order valence-electron chi connectivity index (χ1n) is 8.06. The van der Waals surface area contributed by atoms with Crippen molar-refractivity contribution in [3.05, 3.63) is 105 Å². The van der Waals surface area contributed by atoms with Gasteiger partial charge in [-0.1, -0.05) is 34.8 Å². The van der Waals surface area contributed by atoms with Crippen LogP contribution in [0.3, 0.4) is 0 Å². The second-order valence-electron chi connectivity index (χ2n) is 5.44. The summed E-state index contributed by atoms with van der Waals surface area (Å²) in [4.78, 5) is 30.8. The van der Waals surface area contributed by atoms with Crippen LogP contribution in [-0.2, 0) is 25.8 Å². The SMILES string of the molecule is O=C(O)c1ccc(Cl)cc1.O=C(O)c1ccc(Cl)cc1.O=C(O)c1ccc(Cl)cc1.[Sc]. The third-order valence-corrected chi connectivity index (χ3v) is 4.03. The van der Waals surface area contributed by atoms with Gasteiger partial charge >= 0.3 is 17.9 Å². The minimum atomic E-state index is -0.934. The molecule has 0 fully saturated rings. The fourth-order valence-corrected chi connectivity index (χ4v) is 2.16. The predicted molar refractivity (Wildman–Crippen MR) is 115 cm³/mol. The van der Waals surface area contributed by atoms with Crippen LogP contribution in [0.4, 0.5) is 0 Å². The summed E-state index contributed by atoms with van der Waals surface area (Å²) in [6.45, 7) is 0. The molecule has 0 spiro atoms. The fourth-order valence-electron chi connectivity index (χ4n) is 1.78. The molecule has 0 aliphatic rings. The zero-order chi connectivity index (χ0) is 22.7. The zero-order valence-corrected chi connectivity index (χ0v) is 19.8. The monoisotopic (exact) mass is 513 g/mol. The standard InChI is InChI=1S/3C7H5ClO2.Sc/c3*8-6-3-1-5(2-4-6)7(9)10;/h3*1-4H,(H,9,10);. The van der Waals surface area contributed by atoms with E-state index in [2.05, 4.69) is 0 Å². The molecule has 0 unspecified atom stereocenters. The predicted octanol–water partition coefficient (Wildman–Crippen LogP) is 6.11. The van der Waals surface area contributed by atoms with E-state index in [4.69, 9.17) is 50.1 Å². The molecule has 0 saturated heterocycles. The van der Waals surface area contributed by atoms with Crippen LogP contribution in [0, 0.1) is 0 Å². The van der Waals surface area contributed by atoms with Crippen LogP contribution in [0.1, 0.15) is 31.1 Å². The Hall–Kier alpha value is -2.19. The van der Waals surface area contributed by atoms with E-state index in [1.54, 1.807) is 36.4 Å². The van der Waals surface area contributed by atoms with Gasteiger partial charge in [-0.05, 0) is 72.8 Å². The number of benzene rings is 3. The van der Waals surface area contributed by atoms with E-state index in [1.165, 1.54) is 36.4 Å². The van der Waals surface area contributed by atoms with E-state index >= 15 is 0 Å². The molecule has 0 amide bonds. The van der Waals surface area contributed by atoms with Crippen molar-refractivity contribution in [2.75, 3.05) is 0 Å². The van der Waals surface area contributed by atoms with Crippen molar-refractivity contribution in [3.63, 3.8) is 0 Å². The van der Waals surface area contributed by atoms with Crippen molar-refractivity contribution < 1.29 is 55.5 Å². The van der Waals surface area contributed by atoms with Crippen LogP contribution in [-0.4, -0.2) is 33.2 Å². The summed E-state index contributed by atoms with van der Waals surface area (Å²) in [5, 5.41) is 26.9. The number of carboxylic acids is 3. The van der Waals surface area contributed by atoms with Gasteiger partial charge in [-0.3, -0.25) is 0 Å². The molecule has 1 radical (unpaired) electrons. The second kappa shape index (κ2) is 14.8. The number of aromatic carboxylic acids is 3. The second-order valence-corrected chi connectivity index (χ2v) is 6.75. The average molecular weight is 515 g/mol. The summed E-state index contributed by atoms with van der Waals surface area (Å²) in [6.07, 6.45) is 0. The Labute approximate surface area is 211 Å². The normalized spacial score (nSPS) is 9.00. The van der Waals surface area contributed by atoms with Gasteiger partial charge < -0.3 is 15.3 Å². The number of hydrogen-bond donors (Lipinski definition) is 3. The summed E-state index contributed by atoms with van der Waals surface area (Å²) in [5.74, 6) is -2.80. The maximum Gasteiger partial charge on any atom is 0.335 e. The van der Waals surface area contributed by atoms with Crippen LogP contribution in [0.2, 0.25) is 15.1 Å². The fraction of sp³-hybridized carbons (Fsp3) is 0. The van der Waals surface area contributed by atoms with Crippen molar-refractivity contribution in [2.24, 2.45) is 0 Å². The Morgan fingerprint density at radius 1 is 0.452 bits per heavy atom. The number of rotatable bonds is 3. The molecule has 3 N–H and O–H groups in total. The van der Waals surface area contributed by atoms with Gasteiger partial charge in [0, 0.05) is 40.9 Å². The Kier molecular flexibility index (Phi) is 13.7. The molecule has 159 valence electrons. The Balaban J connectivity index is 0.000000429. The minimum Gasteiger partial charge on any atom is -0.478 e. The van der Waals surface area contributed by atoms with Gasteiger partial charge in [-0.2, -0.15) is 0 Å². The van der Waals surface area contributed by atoms with Crippen molar-refractivity contribution in [1.82, 2.24) is 0 Å². The van der Waals surface area contributed by atoms with Gasteiger partial charge in [-0.25, -0.2) is 14.4 Å². The molecule has 0 aliphatic carbocycles. The molecule has 6 nitrogen and oxygen atoms in total. The smallest absolute Gasteiger partial charge is 0.335 e. The van der Waals surface area contributed by atoms with Crippen molar-refractivity contribution >= 4 is 52.7 Å². The molecule has 0 saturated carbocycles. The quantitative estimate of drug-likeness (QED) is 0.389. The first kappa shape index (κ1) is 28.8. The first-order valence-corrected chi connectivity index (χ1v) is 9.20. The van der Waals surface area contributed by atoms with Crippen LogP contribution < -0.4 is 0 Å².